The van der Waals surface area contributed by atoms with Gasteiger partial charge in [-0.25, -0.2) is 4.79 Å². The van der Waals surface area contributed by atoms with Crippen LogP contribution in [0.1, 0.15) is 39.2 Å². The number of thioether (sulfide) groups is 1. The molecule has 1 heterocycles. The number of carbonyl (C=O) groups is 1. The Morgan fingerprint density at radius 2 is 1.95 bits per heavy atom. The third kappa shape index (κ3) is 4.83. The van der Waals surface area contributed by atoms with Crippen molar-refractivity contribution in [3.8, 4) is 0 Å². The monoisotopic (exact) mass is 322 g/mol. The maximum Gasteiger partial charge on any atom is 0.410 e. The van der Waals surface area contributed by atoms with E-state index >= 15 is 0 Å². The van der Waals surface area contributed by atoms with Crippen molar-refractivity contribution in [3.63, 3.8) is 0 Å². The molecule has 2 rings (SSSR count). The first kappa shape index (κ1) is 17.0. The second-order valence-electron chi connectivity index (χ2n) is 6.80. The van der Waals surface area contributed by atoms with Crippen LogP contribution in [0.25, 0.3) is 0 Å². The molecule has 0 bridgehead atoms. The lowest BCUT2D eigenvalue weighted by molar-refractivity contribution is 0.0219. The van der Waals surface area contributed by atoms with Crippen molar-refractivity contribution in [2.45, 2.75) is 56.3 Å². The molecular formula is C17H26N2O2S. The summed E-state index contributed by atoms with van der Waals surface area (Å²) in [6.45, 7) is 9.26. The zero-order chi connectivity index (χ0) is 16.3. The van der Waals surface area contributed by atoms with Gasteiger partial charge in [-0.2, -0.15) is 0 Å². The van der Waals surface area contributed by atoms with Crippen LogP contribution in [0.3, 0.4) is 0 Å². The third-order valence-electron chi connectivity index (χ3n) is 3.64. The molecule has 0 saturated carbocycles. The average Bonchev–Trinajstić information content (AvgIpc) is 2.42. The summed E-state index contributed by atoms with van der Waals surface area (Å²) in [4.78, 5) is 15.1. The molecule has 22 heavy (non-hydrogen) atoms. The molecule has 1 aromatic carbocycles. The van der Waals surface area contributed by atoms with Crippen molar-refractivity contribution in [3.05, 3.63) is 23.8 Å². The molecular weight excluding hydrogens is 296 g/mol. The van der Waals surface area contributed by atoms with E-state index in [1.807, 2.05) is 50.4 Å². The smallest absolute Gasteiger partial charge is 0.410 e. The first-order valence-electron chi connectivity index (χ1n) is 7.75. The number of anilines is 1. The van der Waals surface area contributed by atoms with E-state index in [1.165, 1.54) is 4.90 Å². The van der Waals surface area contributed by atoms with Crippen LogP contribution in [0.4, 0.5) is 10.5 Å². The number of nitrogen functional groups attached to an aromatic ring is 1. The minimum atomic E-state index is -0.426. The molecule has 1 aliphatic heterocycles. The second-order valence-corrected chi connectivity index (χ2v) is 8.18. The van der Waals surface area contributed by atoms with Crippen LogP contribution in [-0.4, -0.2) is 34.9 Å². The molecule has 1 aliphatic rings. The molecule has 0 radical (unpaired) electrons. The molecule has 0 spiro atoms. The summed E-state index contributed by atoms with van der Waals surface area (Å²) in [7, 11) is 0. The number of ether oxygens (including phenoxy) is 1. The van der Waals surface area contributed by atoms with Gasteiger partial charge in [-0.3, -0.25) is 0 Å². The van der Waals surface area contributed by atoms with Crippen LogP contribution >= 0.6 is 11.8 Å². The fourth-order valence-electron chi connectivity index (χ4n) is 2.40. The zero-order valence-electron chi connectivity index (χ0n) is 13.9. The van der Waals surface area contributed by atoms with Gasteiger partial charge in [0.05, 0.1) is 0 Å². The lowest BCUT2D eigenvalue weighted by atomic mass is 10.1. The number of amides is 1. The minimum absolute atomic E-state index is 0.195. The van der Waals surface area contributed by atoms with Crippen molar-refractivity contribution in [2.75, 3.05) is 18.8 Å². The lowest BCUT2D eigenvalue weighted by Gasteiger charge is -2.33. The van der Waals surface area contributed by atoms with Crippen molar-refractivity contribution >= 4 is 23.5 Å². The van der Waals surface area contributed by atoms with E-state index in [0.717, 1.165) is 37.2 Å². The summed E-state index contributed by atoms with van der Waals surface area (Å²) in [6, 6.07) is 6.18. The van der Waals surface area contributed by atoms with Gasteiger partial charge in [0.1, 0.15) is 5.60 Å². The third-order valence-corrected chi connectivity index (χ3v) is 4.97. The van der Waals surface area contributed by atoms with E-state index in [0.29, 0.717) is 5.25 Å². The van der Waals surface area contributed by atoms with Gasteiger partial charge in [0.2, 0.25) is 0 Å². The summed E-state index contributed by atoms with van der Waals surface area (Å²) in [5, 5.41) is 0.543. The molecule has 1 fully saturated rings. The van der Waals surface area contributed by atoms with Crippen molar-refractivity contribution < 1.29 is 9.53 Å². The Labute approximate surface area is 137 Å². The number of aryl methyl sites for hydroxylation is 1. The number of hydrogen-bond acceptors (Lipinski definition) is 4. The number of nitrogens with zero attached hydrogens (tertiary/aromatic N) is 1. The fourth-order valence-corrected chi connectivity index (χ4v) is 3.62. The first-order chi connectivity index (χ1) is 10.2. The van der Waals surface area contributed by atoms with Crippen LogP contribution in [-0.2, 0) is 4.74 Å². The standard InChI is InChI=1S/C17H26N2O2S/c1-12-11-14(5-6-15(12)18)22-13-7-9-19(10-8-13)16(20)21-17(2,3)4/h5-6,11,13H,7-10,18H2,1-4H3. The first-order valence-corrected chi connectivity index (χ1v) is 8.63. The Hall–Kier alpha value is -1.36. The SMILES string of the molecule is Cc1cc(SC2CCN(C(=O)OC(C)(C)C)CC2)ccc1N. The van der Waals surface area contributed by atoms with Crippen molar-refractivity contribution in [1.29, 1.82) is 0 Å². The molecule has 1 amide bonds. The number of hydrogen-bond donors (Lipinski definition) is 1. The molecule has 1 aromatic rings. The normalized spacial score (nSPS) is 16.6. The number of benzene rings is 1. The number of piperidine rings is 1. The van der Waals surface area contributed by atoms with Crippen LogP contribution in [0.15, 0.2) is 23.1 Å². The Morgan fingerprint density at radius 3 is 2.50 bits per heavy atom. The maximum absolute atomic E-state index is 12.0. The van der Waals surface area contributed by atoms with E-state index in [2.05, 4.69) is 12.1 Å². The van der Waals surface area contributed by atoms with Gasteiger partial charge in [0.15, 0.2) is 0 Å². The van der Waals surface area contributed by atoms with Gasteiger partial charge in [-0.05, 0) is 64.3 Å². The number of nitrogens with two attached hydrogens (primary N) is 1. The van der Waals surface area contributed by atoms with Crippen LogP contribution in [0, 0.1) is 6.92 Å². The molecule has 0 aromatic heterocycles. The lowest BCUT2D eigenvalue weighted by Crippen LogP contribution is -2.42. The quantitative estimate of drug-likeness (QED) is 0.834. The highest BCUT2D eigenvalue weighted by atomic mass is 32.2. The Balaban J connectivity index is 1.84. The summed E-state index contributed by atoms with van der Waals surface area (Å²) < 4.78 is 5.43. The maximum atomic E-state index is 12.0. The van der Waals surface area contributed by atoms with Gasteiger partial charge < -0.3 is 15.4 Å². The molecule has 0 atom stereocenters. The predicted octanol–water partition coefficient (Wildman–Crippen LogP) is 4.07. The van der Waals surface area contributed by atoms with E-state index in [1.54, 1.807) is 0 Å². The van der Waals surface area contributed by atoms with Gasteiger partial charge in [0, 0.05) is 28.9 Å². The molecule has 4 nitrogen and oxygen atoms in total. The van der Waals surface area contributed by atoms with E-state index in [4.69, 9.17) is 10.5 Å². The van der Waals surface area contributed by atoms with Crippen molar-refractivity contribution in [2.24, 2.45) is 0 Å². The molecule has 122 valence electrons. The van der Waals surface area contributed by atoms with Crippen molar-refractivity contribution in [1.82, 2.24) is 4.90 Å². The highest BCUT2D eigenvalue weighted by Crippen LogP contribution is 2.32. The van der Waals surface area contributed by atoms with Crippen LogP contribution in [0.5, 0.6) is 0 Å². The average molecular weight is 322 g/mol. The number of rotatable bonds is 2. The summed E-state index contributed by atoms with van der Waals surface area (Å²) in [6.07, 6.45) is 1.79. The van der Waals surface area contributed by atoms with Crippen LogP contribution < -0.4 is 5.73 Å². The van der Waals surface area contributed by atoms with Gasteiger partial charge in [0.25, 0.3) is 0 Å². The van der Waals surface area contributed by atoms with E-state index in [-0.39, 0.29) is 6.09 Å². The topological polar surface area (TPSA) is 55.6 Å². The number of carbonyl (C=O) groups excluding carboxylic acids is 1. The molecule has 5 heteroatoms. The zero-order valence-corrected chi connectivity index (χ0v) is 14.7. The molecule has 0 aliphatic carbocycles. The summed E-state index contributed by atoms with van der Waals surface area (Å²) in [5.41, 5.74) is 7.39. The Morgan fingerprint density at radius 1 is 1.32 bits per heavy atom. The van der Waals surface area contributed by atoms with Crippen LogP contribution in [0.2, 0.25) is 0 Å². The molecule has 0 unspecified atom stereocenters. The number of likely N-dealkylation sites (tertiary alicyclic amines) is 1. The Bertz CT molecular complexity index is 532. The fraction of sp³-hybridized carbons (Fsp3) is 0.588. The van der Waals surface area contributed by atoms with E-state index < -0.39 is 5.60 Å². The van der Waals surface area contributed by atoms with Gasteiger partial charge in [-0.1, -0.05) is 0 Å². The molecule has 2 N–H and O–H groups in total. The summed E-state index contributed by atoms with van der Waals surface area (Å²) >= 11 is 1.88. The van der Waals surface area contributed by atoms with Gasteiger partial charge >= 0.3 is 6.09 Å². The second kappa shape index (κ2) is 6.82. The van der Waals surface area contributed by atoms with E-state index in [9.17, 15) is 4.79 Å². The highest BCUT2D eigenvalue weighted by molar-refractivity contribution is 8.00. The predicted molar refractivity (Wildman–Crippen MR) is 92.3 cm³/mol. The minimum Gasteiger partial charge on any atom is -0.444 e. The Kier molecular flexibility index (Phi) is 5.27. The van der Waals surface area contributed by atoms with Gasteiger partial charge in [-0.15, -0.1) is 11.8 Å². The largest absolute Gasteiger partial charge is 0.444 e. The highest BCUT2D eigenvalue weighted by Gasteiger charge is 2.27. The summed E-state index contributed by atoms with van der Waals surface area (Å²) in [5.74, 6) is 0. The molecule has 1 saturated heterocycles.